The third-order valence-electron chi connectivity index (χ3n) is 11.4. The van der Waals surface area contributed by atoms with Crippen molar-refractivity contribution < 1.29 is 0 Å². The quantitative estimate of drug-likeness (QED) is 0.158. The molecule has 0 amide bonds. The Morgan fingerprint density at radius 1 is 0.547 bits per heavy atom. The Morgan fingerprint density at radius 2 is 1.17 bits per heavy atom. The summed E-state index contributed by atoms with van der Waals surface area (Å²) < 4.78 is 4.95. The smallest absolute Gasteiger partial charge is 0.0541 e. The van der Waals surface area contributed by atoms with Gasteiger partial charge in [0.25, 0.3) is 0 Å². The van der Waals surface area contributed by atoms with E-state index < -0.39 is 0 Å². The average Bonchev–Trinajstić information content (AvgIpc) is 3.74. The molecule has 1 unspecified atom stereocenters. The van der Waals surface area contributed by atoms with Crippen molar-refractivity contribution in [2.45, 2.75) is 39.0 Å². The lowest BCUT2D eigenvalue weighted by Crippen LogP contribution is -2.08. The summed E-state index contributed by atoms with van der Waals surface area (Å²) in [6.07, 6.45) is 17.8. The van der Waals surface area contributed by atoms with Crippen molar-refractivity contribution in [3.63, 3.8) is 0 Å². The van der Waals surface area contributed by atoms with Gasteiger partial charge in [0.15, 0.2) is 0 Å². The van der Waals surface area contributed by atoms with Gasteiger partial charge < -0.3 is 9.13 Å². The van der Waals surface area contributed by atoms with Crippen LogP contribution < -0.4 is 0 Å². The molecule has 0 aliphatic heterocycles. The SMILES string of the molecule is CCCC1=CCC(C2=CCCC(n3c4ccccc4c4cc(-c5ccc6c(c5)c5ccccc5n6-c5cccc(-c6ccccc6)c5)ccc43)=C2)C=C1. The van der Waals surface area contributed by atoms with E-state index in [1.54, 1.807) is 0 Å². The molecule has 0 fully saturated rings. The van der Waals surface area contributed by atoms with E-state index >= 15 is 0 Å². The highest BCUT2D eigenvalue weighted by molar-refractivity contribution is 6.13. The Bertz CT molecular complexity index is 2820. The maximum atomic E-state index is 2.53. The highest BCUT2D eigenvalue weighted by Crippen LogP contribution is 2.40. The van der Waals surface area contributed by atoms with Crippen molar-refractivity contribution in [2.24, 2.45) is 5.92 Å². The Morgan fingerprint density at radius 3 is 1.87 bits per heavy atom. The monoisotopic (exact) mass is 682 g/mol. The number of rotatable bonds is 7. The van der Waals surface area contributed by atoms with Crippen molar-refractivity contribution in [3.8, 4) is 27.9 Å². The van der Waals surface area contributed by atoms with E-state index in [0.717, 1.165) is 19.3 Å². The zero-order chi connectivity index (χ0) is 35.3. The van der Waals surface area contributed by atoms with Crippen LogP contribution in [0.15, 0.2) is 181 Å². The van der Waals surface area contributed by atoms with E-state index in [0.29, 0.717) is 5.92 Å². The van der Waals surface area contributed by atoms with Crippen LogP contribution in [0.5, 0.6) is 0 Å². The third-order valence-corrected chi connectivity index (χ3v) is 11.4. The van der Waals surface area contributed by atoms with Gasteiger partial charge in [0.1, 0.15) is 0 Å². The van der Waals surface area contributed by atoms with Crippen molar-refractivity contribution >= 4 is 49.3 Å². The van der Waals surface area contributed by atoms with E-state index in [9.17, 15) is 0 Å². The molecule has 0 saturated carbocycles. The van der Waals surface area contributed by atoms with Gasteiger partial charge in [-0.05, 0) is 108 Å². The van der Waals surface area contributed by atoms with Gasteiger partial charge in [-0.1, -0.05) is 134 Å². The van der Waals surface area contributed by atoms with Crippen LogP contribution in [0.25, 0.3) is 77.2 Å². The second-order valence-corrected chi connectivity index (χ2v) is 14.7. The maximum Gasteiger partial charge on any atom is 0.0541 e. The minimum absolute atomic E-state index is 0.458. The average molecular weight is 683 g/mol. The fraction of sp³-hybridized carbons (Fsp3) is 0.137. The summed E-state index contributed by atoms with van der Waals surface area (Å²) in [4.78, 5) is 0. The van der Waals surface area contributed by atoms with E-state index in [-0.39, 0.29) is 0 Å². The predicted octanol–water partition coefficient (Wildman–Crippen LogP) is 14.1. The molecular formula is C51H42N2. The van der Waals surface area contributed by atoms with Gasteiger partial charge in [-0.3, -0.25) is 0 Å². The molecule has 10 rings (SSSR count). The van der Waals surface area contributed by atoms with E-state index in [1.165, 1.54) is 101 Å². The van der Waals surface area contributed by atoms with Crippen LogP contribution in [0, 0.1) is 5.92 Å². The van der Waals surface area contributed by atoms with E-state index in [2.05, 4.69) is 186 Å². The third kappa shape index (κ3) is 5.49. The van der Waals surface area contributed by atoms with Gasteiger partial charge in [0.2, 0.25) is 0 Å². The minimum atomic E-state index is 0.458. The number of aromatic nitrogens is 2. The summed E-state index contributed by atoms with van der Waals surface area (Å²) in [5.74, 6) is 0.458. The lowest BCUT2D eigenvalue weighted by molar-refractivity contribution is 0.752. The molecule has 53 heavy (non-hydrogen) atoms. The normalized spacial score (nSPS) is 16.0. The summed E-state index contributed by atoms with van der Waals surface area (Å²) >= 11 is 0. The first-order valence-corrected chi connectivity index (χ1v) is 19.2. The first-order valence-electron chi connectivity index (χ1n) is 19.2. The Hall–Kier alpha value is -6.12. The van der Waals surface area contributed by atoms with Gasteiger partial charge in [-0.25, -0.2) is 0 Å². The first-order chi connectivity index (χ1) is 26.2. The maximum absolute atomic E-state index is 2.53. The van der Waals surface area contributed by atoms with Crippen LogP contribution in [0.2, 0.25) is 0 Å². The standard InChI is InChI=1S/C51H42N2/c1-2-12-35-23-25-37(26-24-35)39-16-11-18-43(32-39)53-49-22-9-7-20-45(49)47-34-41(28-30-51(47)53)40-27-29-50-46(33-40)44-19-6-8-21-48(44)52(50)42-17-10-15-38(31-42)36-13-4-3-5-14-36/h3-10,13-17,19-25,27-34,37H,2,11-12,18,26H2,1H3. The van der Waals surface area contributed by atoms with Gasteiger partial charge in [-0.2, -0.15) is 0 Å². The van der Waals surface area contributed by atoms with Crippen molar-refractivity contribution in [1.29, 1.82) is 0 Å². The number of nitrogens with zero attached hydrogens (tertiary/aromatic N) is 2. The van der Waals surface area contributed by atoms with Gasteiger partial charge >= 0.3 is 0 Å². The molecule has 2 heterocycles. The van der Waals surface area contributed by atoms with Crippen LogP contribution in [-0.4, -0.2) is 9.13 Å². The number of para-hydroxylation sites is 2. The fourth-order valence-electron chi connectivity index (χ4n) is 8.88. The number of fused-ring (bicyclic) bond motifs is 6. The molecule has 256 valence electrons. The molecule has 6 aromatic carbocycles. The molecule has 2 aliphatic carbocycles. The summed E-state index contributed by atoms with van der Waals surface area (Å²) in [6.45, 7) is 2.26. The van der Waals surface area contributed by atoms with Gasteiger partial charge in [-0.15, -0.1) is 0 Å². The molecule has 1 atom stereocenters. The van der Waals surface area contributed by atoms with Crippen LogP contribution in [0.3, 0.4) is 0 Å². The van der Waals surface area contributed by atoms with Crippen LogP contribution in [0.4, 0.5) is 0 Å². The molecule has 2 heteroatoms. The molecule has 2 nitrogen and oxygen atoms in total. The predicted molar refractivity (Wildman–Crippen MR) is 226 cm³/mol. The lowest BCUT2D eigenvalue weighted by atomic mass is 9.86. The largest absolute Gasteiger partial charge is 0.313 e. The zero-order valence-electron chi connectivity index (χ0n) is 30.2. The Labute approximate surface area is 311 Å². The number of benzene rings is 6. The molecule has 2 aliphatic rings. The van der Waals surface area contributed by atoms with Crippen molar-refractivity contribution in [3.05, 3.63) is 181 Å². The molecule has 8 aromatic rings. The van der Waals surface area contributed by atoms with Crippen molar-refractivity contribution in [2.75, 3.05) is 0 Å². The van der Waals surface area contributed by atoms with Crippen LogP contribution in [0.1, 0.15) is 39.0 Å². The molecule has 0 bridgehead atoms. The van der Waals surface area contributed by atoms with Crippen molar-refractivity contribution in [1.82, 2.24) is 9.13 Å². The zero-order valence-corrected chi connectivity index (χ0v) is 30.2. The lowest BCUT2D eigenvalue weighted by Gasteiger charge is -2.23. The molecule has 0 N–H and O–H groups in total. The number of hydrogen-bond donors (Lipinski definition) is 0. The number of allylic oxidation sites excluding steroid dienone is 8. The highest BCUT2D eigenvalue weighted by atomic mass is 15.0. The van der Waals surface area contributed by atoms with E-state index in [1.807, 2.05) is 0 Å². The summed E-state index contributed by atoms with van der Waals surface area (Å²) in [5, 5.41) is 5.15. The fourth-order valence-corrected chi connectivity index (χ4v) is 8.88. The van der Waals surface area contributed by atoms with Gasteiger partial charge in [0.05, 0.1) is 22.1 Å². The Kier molecular flexibility index (Phi) is 7.83. The highest BCUT2D eigenvalue weighted by Gasteiger charge is 2.20. The molecule has 2 aromatic heterocycles. The topological polar surface area (TPSA) is 9.86 Å². The molecule has 0 spiro atoms. The second kappa shape index (κ2) is 13.1. The second-order valence-electron chi connectivity index (χ2n) is 14.7. The number of hydrogen-bond acceptors (Lipinski definition) is 0. The first kappa shape index (κ1) is 31.6. The summed E-state index contributed by atoms with van der Waals surface area (Å²) in [5.41, 5.74) is 15.4. The molecule has 0 saturated heterocycles. The Balaban J connectivity index is 1.06. The summed E-state index contributed by atoms with van der Waals surface area (Å²) in [6, 6.07) is 51.4. The summed E-state index contributed by atoms with van der Waals surface area (Å²) in [7, 11) is 0. The van der Waals surface area contributed by atoms with Crippen LogP contribution >= 0.6 is 0 Å². The molecule has 0 radical (unpaired) electrons. The molecular weight excluding hydrogens is 641 g/mol. The van der Waals surface area contributed by atoms with E-state index in [4.69, 9.17) is 0 Å². The van der Waals surface area contributed by atoms with Gasteiger partial charge in [0, 0.05) is 38.8 Å². The minimum Gasteiger partial charge on any atom is -0.313 e. The van der Waals surface area contributed by atoms with Crippen LogP contribution in [-0.2, 0) is 0 Å².